The Bertz CT molecular complexity index is 1060. The Hall–Kier alpha value is -3.15. The van der Waals surface area contributed by atoms with Crippen LogP contribution in [0.2, 0.25) is 0 Å². The number of amides is 2. The van der Waals surface area contributed by atoms with Crippen LogP contribution in [0.15, 0.2) is 54.6 Å². The lowest BCUT2D eigenvalue weighted by molar-refractivity contribution is -0.152. The first-order chi connectivity index (χ1) is 14.5. The second-order valence-corrected chi connectivity index (χ2v) is 8.58. The molecule has 2 aromatic carbocycles. The minimum atomic E-state index is -0.915. The Morgan fingerprint density at radius 1 is 0.967 bits per heavy atom. The monoisotopic (exact) mass is 404 g/mol. The first kappa shape index (κ1) is 18.9. The van der Waals surface area contributed by atoms with E-state index in [4.69, 9.17) is 0 Å². The zero-order chi connectivity index (χ0) is 20.8. The van der Waals surface area contributed by atoms with Crippen molar-refractivity contribution in [1.29, 1.82) is 0 Å². The van der Waals surface area contributed by atoms with E-state index in [1.807, 2.05) is 54.6 Å². The molecule has 0 aromatic heterocycles. The van der Waals surface area contributed by atoms with Gasteiger partial charge in [-0.1, -0.05) is 42.5 Å². The van der Waals surface area contributed by atoms with Crippen molar-refractivity contribution in [3.63, 3.8) is 0 Å². The van der Waals surface area contributed by atoms with Crippen LogP contribution in [0.25, 0.3) is 10.8 Å². The third-order valence-electron chi connectivity index (χ3n) is 6.89. The normalized spacial score (nSPS) is 29.5. The Balaban J connectivity index is 1.34. The number of carboxylic acid groups (broad SMARTS) is 1. The van der Waals surface area contributed by atoms with Gasteiger partial charge in [-0.3, -0.25) is 14.4 Å². The summed E-state index contributed by atoms with van der Waals surface area (Å²) >= 11 is 0. The maximum Gasteiger partial charge on any atom is 0.307 e. The van der Waals surface area contributed by atoms with Gasteiger partial charge in [0, 0.05) is 12.2 Å². The number of allylic oxidation sites excluding steroid dienone is 2. The van der Waals surface area contributed by atoms with E-state index in [2.05, 4.69) is 5.32 Å². The summed E-state index contributed by atoms with van der Waals surface area (Å²) in [6.45, 7) is 0.499. The summed E-state index contributed by atoms with van der Waals surface area (Å²) < 4.78 is 0. The number of carbonyl (C=O) groups is 3. The molecule has 30 heavy (non-hydrogen) atoms. The molecule has 2 bridgehead atoms. The van der Waals surface area contributed by atoms with E-state index in [1.54, 1.807) is 4.90 Å². The van der Waals surface area contributed by atoms with Crippen molar-refractivity contribution in [2.45, 2.75) is 25.3 Å². The number of carboxylic acids is 1. The lowest BCUT2D eigenvalue weighted by atomic mass is 9.82. The van der Waals surface area contributed by atoms with E-state index >= 15 is 0 Å². The van der Waals surface area contributed by atoms with Crippen LogP contribution in [-0.4, -0.2) is 40.4 Å². The molecule has 5 atom stereocenters. The van der Waals surface area contributed by atoms with Crippen molar-refractivity contribution in [2.24, 2.45) is 23.7 Å². The fourth-order valence-electron chi connectivity index (χ4n) is 5.48. The summed E-state index contributed by atoms with van der Waals surface area (Å²) in [5, 5.41) is 14.8. The predicted molar refractivity (Wildman–Crippen MR) is 113 cm³/mol. The van der Waals surface area contributed by atoms with Crippen molar-refractivity contribution in [3.8, 4) is 0 Å². The summed E-state index contributed by atoms with van der Waals surface area (Å²) in [5.74, 6) is -2.66. The Labute approximate surface area is 174 Å². The molecule has 5 unspecified atom stereocenters. The van der Waals surface area contributed by atoms with Gasteiger partial charge in [-0.25, -0.2) is 0 Å². The van der Waals surface area contributed by atoms with Crippen molar-refractivity contribution in [1.82, 2.24) is 4.90 Å². The third-order valence-corrected chi connectivity index (χ3v) is 6.89. The molecule has 6 nitrogen and oxygen atoms in total. The van der Waals surface area contributed by atoms with Crippen LogP contribution in [-0.2, 0) is 14.4 Å². The van der Waals surface area contributed by atoms with E-state index in [9.17, 15) is 19.5 Å². The van der Waals surface area contributed by atoms with Crippen LogP contribution in [0.3, 0.4) is 0 Å². The minimum absolute atomic E-state index is 0.0339. The number of rotatable bonds is 4. The average molecular weight is 404 g/mol. The number of hydrogen-bond donors (Lipinski definition) is 2. The SMILES string of the molecule is O=C(O)C1C2C=CC(C2)C1C(=O)N1CCCC1C(=O)Nc1ccc2ccccc2c1. The van der Waals surface area contributed by atoms with E-state index < -0.39 is 23.8 Å². The molecule has 154 valence electrons. The Kier molecular flexibility index (Phi) is 4.57. The van der Waals surface area contributed by atoms with Crippen molar-refractivity contribution in [2.75, 3.05) is 11.9 Å². The lowest BCUT2D eigenvalue weighted by Gasteiger charge is -2.31. The smallest absolute Gasteiger partial charge is 0.307 e. The zero-order valence-electron chi connectivity index (χ0n) is 16.5. The predicted octanol–water partition coefficient (Wildman–Crippen LogP) is 3.29. The first-order valence-corrected chi connectivity index (χ1v) is 10.5. The molecule has 1 heterocycles. The fourth-order valence-corrected chi connectivity index (χ4v) is 5.48. The standard InChI is InChI=1S/C24H24N2O4/c27-22(25-18-10-9-14-4-1-2-5-15(14)13-18)19-6-3-11-26(19)23(28)20-16-7-8-17(12-16)21(20)24(29)30/h1-2,4-5,7-10,13,16-17,19-21H,3,6,11-12H2,(H,25,27)(H,29,30). The molecular formula is C24H24N2O4. The van der Waals surface area contributed by atoms with E-state index in [0.717, 1.165) is 23.6 Å². The molecule has 0 radical (unpaired) electrons. The van der Waals surface area contributed by atoms with Crippen LogP contribution >= 0.6 is 0 Å². The second-order valence-electron chi connectivity index (χ2n) is 8.58. The summed E-state index contributed by atoms with van der Waals surface area (Å²) in [7, 11) is 0. The molecule has 1 saturated carbocycles. The number of fused-ring (bicyclic) bond motifs is 3. The number of aliphatic carboxylic acids is 1. The van der Waals surface area contributed by atoms with E-state index in [0.29, 0.717) is 18.7 Å². The zero-order valence-corrected chi connectivity index (χ0v) is 16.5. The molecule has 2 N–H and O–H groups in total. The van der Waals surface area contributed by atoms with Gasteiger partial charge in [0.1, 0.15) is 6.04 Å². The molecule has 2 aromatic rings. The Morgan fingerprint density at radius 3 is 2.47 bits per heavy atom. The lowest BCUT2D eigenvalue weighted by Crippen LogP contribution is -2.48. The summed E-state index contributed by atoms with van der Waals surface area (Å²) in [5.41, 5.74) is 0.698. The molecule has 3 aliphatic rings. The van der Waals surface area contributed by atoms with Gasteiger partial charge < -0.3 is 15.3 Å². The summed E-state index contributed by atoms with van der Waals surface area (Å²) in [4.78, 5) is 39.8. The third kappa shape index (κ3) is 3.07. The van der Waals surface area contributed by atoms with Crippen LogP contribution in [0.4, 0.5) is 5.69 Å². The van der Waals surface area contributed by atoms with Crippen LogP contribution < -0.4 is 5.32 Å². The molecule has 2 aliphatic carbocycles. The van der Waals surface area contributed by atoms with E-state index in [-0.39, 0.29) is 23.7 Å². The molecule has 2 fully saturated rings. The summed E-state index contributed by atoms with van der Waals surface area (Å²) in [6, 6.07) is 13.1. The van der Waals surface area contributed by atoms with Gasteiger partial charge in [-0.2, -0.15) is 0 Å². The van der Waals surface area contributed by atoms with Gasteiger partial charge in [0.05, 0.1) is 11.8 Å². The maximum absolute atomic E-state index is 13.3. The maximum atomic E-state index is 13.3. The van der Waals surface area contributed by atoms with Gasteiger partial charge in [0.2, 0.25) is 11.8 Å². The van der Waals surface area contributed by atoms with Crippen molar-refractivity contribution in [3.05, 3.63) is 54.6 Å². The van der Waals surface area contributed by atoms with Gasteiger partial charge in [0.15, 0.2) is 0 Å². The minimum Gasteiger partial charge on any atom is -0.481 e. The highest BCUT2D eigenvalue weighted by Gasteiger charge is 2.54. The highest BCUT2D eigenvalue weighted by atomic mass is 16.4. The van der Waals surface area contributed by atoms with Gasteiger partial charge in [-0.05, 0) is 54.0 Å². The first-order valence-electron chi connectivity index (χ1n) is 10.5. The van der Waals surface area contributed by atoms with Crippen molar-refractivity contribution < 1.29 is 19.5 Å². The fraction of sp³-hybridized carbons (Fsp3) is 0.375. The van der Waals surface area contributed by atoms with E-state index in [1.165, 1.54) is 0 Å². The highest BCUT2D eigenvalue weighted by molar-refractivity contribution is 6.00. The number of anilines is 1. The van der Waals surface area contributed by atoms with Gasteiger partial charge >= 0.3 is 5.97 Å². The number of likely N-dealkylation sites (tertiary alicyclic amines) is 1. The van der Waals surface area contributed by atoms with Crippen LogP contribution in [0.1, 0.15) is 19.3 Å². The molecule has 0 spiro atoms. The Morgan fingerprint density at radius 2 is 1.70 bits per heavy atom. The number of carbonyl (C=O) groups excluding carboxylic acids is 2. The molecule has 1 saturated heterocycles. The second kappa shape index (κ2) is 7.27. The quantitative estimate of drug-likeness (QED) is 0.766. The molecule has 2 amide bonds. The number of nitrogens with one attached hydrogen (secondary N) is 1. The summed E-state index contributed by atoms with van der Waals surface area (Å²) in [6.07, 6.45) is 5.97. The molecule has 5 rings (SSSR count). The van der Waals surface area contributed by atoms with Crippen molar-refractivity contribution >= 4 is 34.2 Å². The topological polar surface area (TPSA) is 86.7 Å². The highest BCUT2D eigenvalue weighted by Crippen LogP contribution is 2.49. The molecular weight excluding hydrogens is 380 g/mol. The number of benzene rings is 2. The number of nitrogens with zero attached hydrogens (tertiary/aromatic N) is 1. The van der Waals surface area contributed by atoms with Gasteiger partial charge in [-0.15, -0.1) is 0 Å². The van der Waals surface area contributed by atoms with Gasteiger partial charge in [0.25, 0.3) is 0 Å². The van der Waals surface area contributed by atoms with Crippen LogP contribution in [0.5, 0.6) is 0 Å². The molecule has 6 heteroatoms. The van der Waals surface area contributed by atoms with Crippen LogP contribution in [0, 0.1) is 23.7 Å². The number of hydrogen-bond acceptors (Lipinski definition) is 3. The average Bonchev–Trinajstić information content (AvgIpc) is 3.48. The molecule has 1 aliphatic heterocycles. The largest absolute Gasteiger partial charge is 0.481 e.